The summed E-state index contributed by atoms with van der Waals surface area (Å²) in [6.07, 6.45) is 0. The molecule has 0 unspecified atom stereocenters. The summed E-state index contributed by atoms with van der Waals surface area (Å²) in [5.74, 6) is 0.905. The minimum absolute atomic E-state index is 0.644. The smallest absolute Gasteiger partial charge is 0.135 e. The molecule has 0 spiro atoms. The number of thiophene rings is 1. The Morgan fingerprint density at radius 2 is 2.12 bits per heavy atom. The second kappa shape index (κ2) is 6.73. The normalized spacial score (nSPS) is 15.6. The summed E-state index contributed by atoms with van der Waals surface area (Å²) in [4.78, 5) is 7.17. The van der Waals surface area contributed by atoms with E-state index in [4.69, 9.17) is 15.0 Å². The van der Waals surface area contributed by atoms with Gasteiger partial charge in [0.2, 0.25) is 0 Å². The van der Waals surface area contributed by atoms with Gasteiger partial charge in [0.15, 0.2) is 0 Å². The summed E-state index contributed by atoms with van der Waals surface area (Å²) in [5, 5.41) is 17.0. The molecule has 4 rings (SSSR count). The molecule has 0 atom stereocenters. The van der Waals surface area contributed by atoms with Gasteiger partial charge >= 0.3 is 0 Å². The number of hydrogen-bond acceptors (Lipinski definition) is 6. The van der Waals surface area contributed by atoms with Crippen LogP contribution in [0.15, 0.2) is 29.6 Å². The van der Waals surface area contributed by atoms with Crippen molar-refractivity contribution in [2.45, 2.75) is 0 Å². The molecule has 0 radical (unpaired) electrons. The van der Waals surface area contributed by atoms with Crippen LogP contribution >= 0.6 is 11.3 Å². The van der Waals surface area contributed by atoms with E-state index in [2.05, 4.69) is 27.7 Å². The van der Waals surface area contributed by atoms with Gasteiger partial charge in [0.25, 0.3) is 0 Å². The van der Waals surface area contributed by atoms with Crippen molar-refractivity contribution in [3.05, 3.63) is 35.2 Å². The molecule has 1 aliphatic rings. The average molecular weight is 338 g/mol. The highest BCUT2D eigenvalue weighted by Gasteiger charge is 2.12. The second-order valence-corrected chi connectivity index (χ2v) is 6.76. The minimum atomic E-state index is 0.644. The third kappa shape index (κ3) is 2.94. The Morgan fingerprint density at radius 1 is 1.25 bits per heavy atom. The number of hydrogen-bond donors (Lipinski definition) is 1. The van der Waals surface area contributed by atoms with Crippen LogP contribution in [0.3, 0.4) is 0 Å². The molecule has 1 aliphatic heterocycles. The van der Waals surface area contributed by atoms with E-state index in [0.717, 1.165) is 61.5 Å². The molecule has 1 aromatic carbocycles. The standard InChI is InChI=1S/C18H18N4OS/c19-12-13-1-2-14-16(11-13)21-18(15-3-10-24-17(14)15)20-4-5-22-6-8-23-9-7-22/h1-3,10-11H,4-9H2,(H,20,21). The SMILES string of the molecule is N#Cc1ccc2c(c1)nc(NCCN1CCOCC1)c1ccsc12. The van der Waals surface area contributed by atoms with Gasteiger partial charge < -0.3 is 10.1 Å². The largest absolute Gasteiger partial charge is 0.379 e. The van der Waals surface area contributed by atoms with Crippen LogP contribution in [0.2, 0.25) is 0 Å². The Labute approximate surface area is 144 Å². The van der Waals surface area contributed by atoms with Gasteiger partial charge in [0.05, 0.1) is 30.4 Å². The number of anilines is 1. The van der Waals surface area contributed by atoms with Crippen molar-refractivity contribution >= 4 is 38.1 Å². The summed E-state index contributed by atoms with van der Waals surface area (Å²) >= 11 is 1.72. The summed E-state index contributed by atoms with van der Waals surface area (Å²) < 4.78 is 6.60. The van der Waals surface area contributed by atoms with Gasteiger partial charge in [0, 0.05) is 41.7 Å². The van der Waals surface area contributed by atoms with Gasteiger partial charge in [-0.15, -0.1) is 11.3 Å². The molecule has 2 aromatic heterocycles. The number of fused-ring (bicyclic) bond motifs is 3. The first-order chi connectivity index (χ1) is 11.8. The Morgan fingerprint density at radius 3 is 2.96 bits per heavy atom. The number of morpholine rings is 1. The molecule has 122 valence electrons. The molecule has 0 saturated carbocycles. The first-order valence-electron chi connectivity index (χ1n) is 8.10. The van der Waals surface area contributed by atoms with Gasteiger partial charge in [-0.1, -0.05) is 6.07 Å². The minimum Gasteiger partial charge on any atom is -0.379 e. The van der Waals surface area contributed by atoms with Crippen LogP contribution in [0.5, 0.6) is 0 Å². The van der Waals surface area contributed by atoms with Crippen molar-refractivity contribution in [2.75, 3.05) is 44.7 Å². The van der Waals surface area contributed by atoms with E-state index >= 15 is 0 Å². The lowest BCUT2D eigenvalue weighted by Crippen LogP contribution is -2.39. The van der Waals surface area contributed by atoms with Crippen LogP contribution in [0.25, 0.3) is 21.0 Å². The molecule has 5 nitrogen and oxygen atoms in total. The van der Waals surface area contributed by atoms with Crippen molar-refractivity contribution in [1.82, 2.24) is 9.88 Å². The number of nitrogens with one attached hydrogen (secondary N) is 1. The fourth-order valence-corrected chi connectivity index (χ4v) is 3.99. The average Bonchev–Trinajstić information content (AvgIpc) is 3.12. The van der Waals surface area contributed by atoms with E-state index in [9.17, 15) is 0 Å². The van der Waals surface area contributed by atoms with Crippen molar-refractivity contribution in [3.63, 3.8) is 0 Å². The number of nitrogens with zero attached hydrogens (tertiary/aromatic N) is 3. The van der Waals surface area contributed by atoms with Gasteiger partial charge in [-0.3, -0.25) is 4.90 Å². The molecule has 3 heterocycles. The van der Waals surface area contributed by atoms with Gasteiger partial charge in [-0.05, 0) is 23.6 Å². The Kier molecular flexibility index (Phi) is 4.30. The molecule has 1 fully saturated rings. The number of benzene rings is 1. The first-order valence-corrected chi connectivity index (χ1v) is 8.98. The lowest BCUT2D eigenvalue weighted by Gasteiger charge is -2.26. The summed E-state index contributed by atoms with van der Waals surface area (Å²) in [5.41, 5.74) is 1.52. The second-order valence-electron chi connectivity index (χ2n) is 5.85. The summed E-state index contributed by atoms with van der Waals surface area (Å²) in [6, 6.07) is 10.0. The lowest BCUT2D eigenvalue weighted by molar-refractivity contribution is 0.0398. The number of aromatic nitrogens is 1. The quantitative estimate of drug-likeness (QED) is 0.792. The third-order valence-corrected chi connectivity index (χ3v) is 5.30. The maximum atomic E-state index is 9.12. The van der Waals surface area contributed by atoms with Crippen LogP contribution < -0.4 is 5.32 Å². The van der Waals surface area contributed by atoms with E-state index < -0.39 is 0 Å². The van der Waals surface area contributed by atoms with E-state index in [1.165, 1.54) is 4.70 Å². The van der Waals surface area contributed by atoms with Crippen molar-refractivity contribution in [1.29, 1.82) is 5.26 Å². The summed E-state index contributed by atoms with van der Waals surface area (Å²) in [6.45, 7) is 5.45. The zero-order valence-corrected chi connectivity index (χ0v) is 14.1. The Bertz CT molecular complexity index is 908. The Hall–Kier alpha value is -2.20. The molecule has 0 amide bonds. The molecule has 0 aliphatic carbocycles. The predicted octanol–water partition coefficient (Wildman–Crippen LogP) is 3.07. The number of rotatable bonds is 4. The molecule has 6 heteroatoms. The number of nitriles is 1. The van der Waals surface area contributed by atoms with Crippen molar-refractivity contribution < 1.29 is 4.74 Å². The van der Waals surface area contributed by atoms with E-state index in [1.807, 2.05) is 18.2 Å². The van der Waals surface area contributed by atoms with E-state index in [1.54, 1.807) is 11.3 Å². The number of pyridine rings is 1. The third-order valence-electron chi connectivity index (χ3n) is 4.35. The first kappa shape index (κ1) is 15.3. The molecular weight excluding hydrogens is 320 g/mol. The molecule has 1 N–H and O–H groups in total. The zero-order valence-electron chi connectivity index (χ0n) is 13.3. The topological polar surface area (TPSA) is 61.2 Å². The monoisotopic (exact) mass is 338 g/mol. The maximum Gasteiger partial charge on any atom is 0.135 e. The van der Waals surface area contributed by atoms with Crippen LogP contribution in [-0.4, -0.2) is 49.3 Å². The fraction of sp³-hybridized carbons (Fsp3) is 0.333. The molecule has 1 saturated heterocycles. The highest BCUT2D eigenvalue weighted by molar-refractivity contribution is 7.18. The molecular formula is C18H18N4OS. The van der Waals surface area contributed by atoms with Crippen LogP contribution in [0, 0.1) is 11.3 Å². The Balaban J connectivity index is 1.60. The highest BCUT2D eigenvalue weighted by Crippen LogP contribution is 2.33. The molecule has 24 heavy (non-hydrogen) atoms. The highest BCUT2D eigenvalue weighted by atomic mass is 32.1. The van der Waals surface area contributed by atoms with Gasteiger partial charge in [-0.2, -0.15) is 5.26 Å². The number of ether oxygens (including phenoxy) is 1. The summed E-state index contributed by atoms with van der Waals surface area (Å²) in [7, 11) is 0. The van der Waals surface area contributed by atoms with Crippen molar-refractivity contribution in [2.24, 2.45) is 0 Å². The van der Waals surface area contributed by atoms with E-state index in [0.29, 0.717) is 5.56 Å². The lowest BCUT2D eigenvalue weighted by atomic mass is 10.1. The van der Waals surface area contributed by atoms with Crippen molar-refractivity contribution in [3.8, 4) is 6.07 Å². The fourth-order valence-electron chi connectivity index (χ4n) is 3.06. The van der Waals surface area contributed by atoms with Crippen LogP contribution in [-0.2, 0) is 4.74 Å². The van der Waals surface area contributed by atoms with Crippen LogP contribution in [0.1, 0.15) is 5.56 Å². The maximum absolute atomic E-state index is 9.12. The van der Waals surface area contributed by atoms with Gasteiger partial charge in [0.1, 0.15) is 5.82 Å². The molecule has 0 bridgehead atoms. The van der Waals surface area contributed by atoms with Crippen LogP contribution in [0.4, 0.5) is 5.82 Å². The predicted molar refractivity (Wildman–Crippen MR) is 97.6 cm³/mol. The van der Waals surface area contributed by atoms with Gasteiger partial charge in [-0.25, -0.2) is 4.98 Å². The molecule has 3 aromatic rings. The van der Waals surface area contributed by atoms with E-state index in [-0.39, 0.29) is 0 Å². The zero-order chi connectivity index (χ0) is 16.4.